The summed E-state index contributed by atoms with van der Waals surface area (Å²) in [6.07, 6.45) is 1.04. The van der Waals surface area contributed by atoms with Gasteiger partial charge in [-0.25, -0.2) is 0 Å². The lowest BCUT2D eigenvalue weighted by atomic mass is 9.94. The van der Waals surface area contributed by atoms with Crippen LogP contribution in [0.25, 0.3) is 0 Å². The summed E-state index contributed by atoms with van der Waals surface area (Å²) in [5.41, 5.74) is 0.749. The second kappa shape index (κ2) is 7.93. The first-order valence-corrected chi connectivity index (χ1v) is 9.73. The van der Waals surface area contributed by atoms with E-state index in [1.165, 1.54) is 6.92 Å². The normalized spacial score (nSPS) is 23.1. The number of nitrogens with zero attached hydrogens (tertiary/aromatic N) is 1. The first-order chi connectivity index (χ1) is 14.0. The SMILES string of the molecule is COc1cc(CC2CN(C(C)=O)C(O)(Cc3ccccc3)CN2)cc2c1OCO2. The molecular weight excluding hydrogens is 372 g/mol. The molecule has 2 unspecified atom stereocenters. The summed E-state index contributed by atoms with van der Waals surface area (Å²) in [7, 11) is 1.60. The lowest BCUT2D eigenvalue weighted by Crippen LogP contribution is -2.67. The zero-order valence-corrected chi connectivity index (χ0v) is 16.7. The van der Waals surface area contributed by atoms with Gasteiger partial charge in [-0.3, -0.25) is 4.79 Å². The van der Waals surface area contributed by atoms with Crippen molar-refractivity contribution in [3.8, 4) is 17.2 Å². The van der Waals surface area contributed by atoms with Crippen molar-refractivity contribution >= 4 is 5.91 Å². The molecule has 2 aliphatic rings. The van der Waals surface area contributed by atoms with Gasteiger partial charge in [-0.2, -0.15) is 0 Å². The molecule has 2 atom stereocenters. The first-order valence-electron chi connectivity index (χ1n) is 9.73. The molecule has 0 saturated carbocycles. The summed E-state index contributed by atoms with van der Waals surface area (Å²) in [5.74, 6) is 1.78. The van der Waals surface area contributed by atoms with Gasteiger partial charge in [0.25, 0.3) is 0 Å². The van der Waals surface area contributed by atoms with E-state index in [9.17, 15) is 9.90 Å². The van der Waals surface area contributed by atoms with E-state index in [1.54, 1.807) is 12.0 Å². The maximum absolute atomic E-state index is 12.3. The molecule has 0 spiro atoms. The number of ether oxygens (including phenoxy) is 3. The average Bonchev–Trinajstić information content (AvgIpc) is 3.18. The molecule has 7 nitrogen and oxygen atoms in total. The Bertz CT molecular complexity index is 888. The van der Waals surface area contributed by atoms with Crippen molar-refractivity contribution in [2.45, 2.75) is 31.5 Å². The molecule has 0 aromatic heterocycles. The number of piperazine rings is 1. The molecule has 0 aliphatic carbocycles. The number of β-amino-alcohol motifs (C(OH)–C–C–N with tert-alkyl or cyclic N) is 1. The van der Waals surface area contributed by atoms with Crippen LogP contribution in [0.4, 0.5) is 0 Å². The van der Waals surface area contributed by atoms with E-state index in [4.69, 9.17) is 14.2 Å². The Morgan fingerprint density at radius 2 is 2.07 bits per heavy atom. The number of hydrogen-bond donors (Lipinski definition) is 2. The van der Waals surface area contributed by atoms with Gasteiger partial charge < -0.3 is 29.5 Å². The molecule has 29 heavy (non-hydrogen) atoms. The number of carbonyl (C=O) groups excluding carboxylic acids is 1. The zero-order valence-electron chi connectivity index (χ0n) is 16.7. The molecule has 1 amide bonds. The molecule has 7 heteroatoms. The number of hydrogen-bond acceptors (Lipinski definition) is 6. The maximum Gasteiger partial charge on any atom is 0.231 e. The molecular formula is C22H26N2O5. The molecule has 154 valence electrons. The van der Waals surface area contributed by atoms with Crippen LogP contribution >= 0.6 is 0 Å². The Balaban J connectivity index is 1.50. The van der Waals surface area contributed by atoms with Gasteiger partial charge in [0.15, 0.2) is 17.2 Å². The number of fused-ring (bicyclic) bond motifs is 1. The molecule has 2 heterocycles. The van der Waals surface area contributed by atoms with Crippen LogP contribution in [0.5, 0.6) is 17.2 Å². The summed E-state index contributed by atoms with van der Waals surface area (Å²) in [4.78, 5) is 13.9. The van der Waals surface area contributed by atoms with Crippen LogP contribution in [0.3, 0.4) is 0 Å². The summed E-state index contributed by atoms with van der Waals surface area (Å²) in [5, 5.41) is 14.6. The van der Waals surface area contributed by atoms with E-state index in [0.717, 1.165) is 11.1 Å². The number of aliphatic hydroxyl groups is 1. The highest BCUT2D eigenvalue weighted by atomic mass is 16.7. The Morgan fingerprint density at radius 1 is 1.28 bits per heavy atom. The maximum atomic E-state index is 12.3. The largest absolute Gasteiger partial charge is 0.493 e. The van der Waals surface area contributed by atoms with Crippen molar-refractivity contribution in [3.05, 3.63) is 53.6 Å². The molecule has 4 rings (SSSR count). The Labute approximate surface area is 170 Å². The third-order valence-electron chi connectivity index (χ3n) is 5.49. The Morgan fingerprint density at radius 3 is 2.79 bits per heavy atom. The third kappa shape index (κ3) is 4.02. The number of nitrogens with one attached hydrogen (secondary N) is 1. The minimum Gasteiger partial charge on any atom is -0.493 e. The quantitative estimate of drug-likeness (QED) is 0.798. The summed E-state index contributed by atoms with van der Waals surface area (Å²) < 4.78 is 16.4. The Hall–Kier alpha value is -2.77. The minimum atomic E-state index is -1.25. The minimum absolute atomic E-state index is 0.0000240. The van der Waals surface area contributed by atoms with Crippen LogP contribution < -0.4 is 19.5 Å². The van der Waals surface area contributed by atoms with Gasteiger partial charge in [0.05, 0.1) is 7.11 Å². The van der Waals surface area contributed by atoms with E-state index < -0.39 is 5.72 Å². The van der Waals surface area contributed by atoms with Crippen molar-refractivity contribution in [1.82, 2.24) is 10.2 Å². The highest BCUT2D eigenvalue weighted by Crippen LogP contribution is 2.42. The molecule has 0 bridgehead atoms. The highest BCUT2D eigenvalue weighted by Gasteiger charge is 2.41. The predicted molar refractivity (Wildman–Crippen MR) is 107 cm³/mol. The molecule has 2 N–H and O–H groups in total. The van der Waals surface area contributed by atoms with Crippen molar-refractivity contribution in [2.75, 3.05) is 27.0 Å². The number of methoxy groups -OCH3 is 1. The second-order valence-corrected chi connectivity index (χ2v) is 7.59. The monoisotopic (exact) mass is 398 g/mol. The summed E-state index contributed by atoms with van der Waals surface area (Å²) in [6, 6.07) is 13.6. The predicted octanol–water partition coefficient (Wildman–Crippen LogP) is 1.72. The first kappa shape index (κ1) is 19.5. The van der Waals surface area contributed by atoms with Gasteiger partial charge in [0.1, 0.15) is 0 Å². The van der Waals surface area contributed by atoms with Crippen molar-refractivity contribution in [3.63, 3.8) is 0 Å². The lowest BCUT2D eigenvalue weighted by molar-refractivity contribution is -0.165. The molecule has 2 aromatic rings. The fourth-order valence-corrected chi connectivity index (χ4v) is 4.08. The fraction of sp³-hybridized carbons (Fsp3) is 0.409. The number of carbonyl (C=O) groups is 1. The van der Waals surface area contributed by atoms with E-state index in [-0.39, 0.29) is 18.7 Å². The number of amides is 1. The van der Waals surface area contributed by atoms with Crippen LogP contribution in [-0.2, 0) is 17.6 Å². The van der Waals surface area contributed by atoms with E-state index in [0.29, 0.717) is 43.2 Å². The Kier molecular flexibility index (Phi) is 5.34. The second-order valence-electron chi connectivity index (χ2n) is 7.59. The van der Waals surface area contributed by atoms with Gasteiger partial charge in [0, 0.05) is 32.5 Å². The van der Waals surface area contributed by atoms with Crippen LogP contribution in [0.15, 0.2) is 42.5 Å². The molecule has 2 aromatic carbocycles. The fourth-order valence-electron chi connectivity index (χ4n) is 4.08. The third-order valence-corrected chi connectivity index (χ3v) is 5.49. The molecule has 0 radical (unpaired) electrons. The van der Waals surface area contributed by atoms with Crippen LogP contribution in [0.2, 0.25) is 0 Å². The topological polar surface area (TPSA) is 80.3 Å². The standard InChI is InChI=1S/C22H26N2O5/c1-15(25)24-12-18(23-13-22(24,26)11-16-6-4-3-5-7-16)8-17-9-19(27-2)21-20(10-17)28-14-29-21/h3-7,9-10,18,23,26H,8,11-14H2,1-2H3. The van der Waals surface area contributed by atoms with Gasteiger partial charge in [-0.1, -0.05) is 30.3 Å². The highest BCUT2D eigenvalue weighted by molar-refractivity contribution is 5.74. The van der Waals surface area contributed by atoms with E-state index in [1.807, 2.05) is 42.5 Å². The molecule has 1 fully saturated rings. The van der Waals surface area contributed by atoms with Crippen LogP contribution in [-0.4, -0.2) is 54.7 Å². The molecule has 1 saturated heterocycles. The van der Waals surface area contributed by atoms with E-state index in [2.05, 4.69) is 5.32 Å². The van der Waals surface area contributed by atoms with Gasteiger partial charge in [-0.15, -0.1) is 0 Å². The van der Waals surface area contributed by atoms with Crippen LogP contribution in [0, 0.1) is 0 Å². The molecule has 2 aliphatic heterocycles. The van der Waals surface area contributed by atoms with Crippen molar-refractivity contribution in [2.24, 2.45) is 0 Å². The lowest BCUT2D eigenvalue weighted by Gasteiger charge is -2.46. The van der Waals surface area contributed by atoms with Gasteiger partial charge in [-0.05, 0) is 29.7 Å². The van der Waals surface area contributed by atoms with Crippen molar-refractivity contribution < 1.29 is 24.1 Å². The van der Waals surface area contributed by atoms with E-state index >= 15 is 0 Å². The number of rotatable bonds is 5. The van der Waals surface area contributed by atoms with Crippen molar-refractivity contribution in [1.29, 1.82) is 0 Å². The van der Waals surface area contributed by atoms with Crippen LogP contribution in [0.1, 0.15) is 18.1 Å². The summed E-state index contributed by atoms with van der Waals surface area (Å²) >= 11 is 0. The average molecular weight is 398 g/mol. The zero-order chi connectivity index (χ0) is 20.4. The smallest absolute Gasteiger partial charge is 0.231 e. The number of benzene rings is 2. The van der Waals surface area contributed by atoms with Gasteiger partial charge in [0.2, 0.25) is 18.4 Å². The summed E-state index contributed by atoms with van der Waals surface area (Å²) in [6.45, 7) is 2.40. The van der Waals surface area contributed by atoms with Gasteiger partial charge >= 0.3 is 0 Å².